The fourth-order valence-corrected chi connectivity index (χ4v) is 10.4. The molecule has 0 N–H and O–H groups in total. The first-order valence-corrected chi connectivity index (χ1v) is 23.1. The van der Waals surface area contributed by atoms with Crippen molar-refractivity contribution >= 4 is 83.2 Å². The zero-order valence-electron chi connectivity index (χ0n) is 36.9. The van der Waals surface area contributed by atoms with Crippen molar-refractivity contribution in [1.82, 2.24) is 0 Å². The largest absolute Gasteiger partial charge is 0.456 e. The van der Waals surface area contributed by atoms with E-state index in [9.17, 15) is 0 Å². The number of ether oxygens (including phenoxy) is 1. The van der Waals surface area contributed by atoms with Crippen molar-refractivity contribution in [2.75, 3.05) is 9.80 Å². The summed E-state index contributed by atoms with van der Waals surface area (Å²) in [6.45, 7) is 2.27. The molecular formula is C63H44N2O2. The maximum Gasteiger partial charge on any atom is 0.159 e. The van der Waals surface area contributed by atoms with Crippen molar-refractivity contribution in [3.05, 3.63) is 236 Å². The van der Waals surface area contributed by atoms with Crippen LogP contribution in [0.1, 0.15) is 18.9 Å². The molecule has 1 atom stereocenters. The van der Waals surface area contributed by atoms with Gasteiger partial charge in [0.05, 0.1) is 22.7 Å². The highest BCUT2D eigenvalue weighted by Gasteiger charge is 2.27. The van der Waals surface area contributed by atoms with Crippen LogP contribution in [-0.4, -0.2) is 0 Å². The normalized spacial score (nSPS) is 14.0. The predicted molar refractivity (Wildman–Crippen MR) is 280 cm³/mol. The number of rotatable bonds is 8. The van der Waals surface area contributed by atoms with E-state index >= 15 is 0 Å². The van der Waals surface area contributed by atoms with Crippen LogP contribution in [0.3, 0.4) is 0 Å². The molecule has 11 aromatic rings. The number of fused-ring (bicyclic) bond motifs is 7. The van der Waals surface area contributed by atoms with Crippen LogP contribution in [0.25, 0.3) is 71.3 Å². The Balaban J connectivity index is 0.971. The molecule has 13 rings (SSSR count). The van der Waals surface area contributed by atoms with Crippen LogP contribution >= 0.6 is 0 Å². The number of allylic oxidation sites excluding steroid dienone is 4. The smallest absolute Gasteiger partial charge is 0.159 e. The van der Waals surface area contributed by atoms with E-state index in [2.05, 4.69) is 241 Å². The van der Waals surface area contributed by atoms with Crippen LogP contribution in [0.2, 0.25) is 0 Å². The van der Waals surface area contributed by atoms with Gasteiger partial charge in [0, 0.05) is 50.3 Å². The van der Waals surface area contributed by atoms with Crippen LogP contribution in [0.15, 0.2) is 235 Å². The van der Waals surface area contributed by atoms with Crippen molar-refractivity contribution < 1.29 is 9.15 Å². The van der Waals surface area contributed by atoms with Crippen LogP contribution in [-0.2, 0) is 0 Å². The van der Waals surface area contributed by atoms with Crippen molar-refractivity contribution in [3.8, 4) is 33.8 Å². The molecule has 0 saturated heterocycles. The Morgan fingerprint density at radius 2 is 1.12 bits per heavy atom. The molecule has 1 aromatic heterocycles. The number of anilines is 6. The van der Waals surface area contributed by atoms with Gasteiger partial charge in [0.2, 0.25) is 0 Å². The molecule has 67 heavy (non-hydrogen) atoms. The number of nitrogens with zero attached hydrogens (tertiary/aromatic N) is 2. The molecule has 2 aliphatic rings. The van der Waals surface area contributed by atoms with Gasteiger partial charge in [0.15, 0.2) is 5.58 Å². The molecule has 1 aliphatic carbocycles. The third kappa shape index (κ3) is 6.52. The first kappa shape index (κ1) is 38.8. The minimum atomic E-state index is 0.506. The maximum absolute atomic E-state index is 7.05. The Morgan fingerprint density at radius 3 is 1.96 bits per heavy atom. The summed E-state index contributed by atoms with van der Waals surface area (Å²) in [4.78, 5) is 4.73. The van der Waals surface area contributed by atoms with Gasteiger partial charge in [-0.2, -0.15) is 0 Å². The van der Waals surface area contributed by atoms with Crippen LogP contribution in [0.5, 0.6) is 11.5 Å². The highest BCUT2D eigenvalue weighted by molar-refractivity contribution is 6.18. The first-order chi connectivity index (χ1) is 33.1. The molecule has 318 valence electrons. The zero-order valence-corrected chi connectivity index (χ0v) is 36.9. The van der Waals surface area contributed by atoms with Gasteiger partial charge in [-0.15, -0.1) is 0 Å². The topological polar surface area (TPSA) is 28.9 Å². The molecule has 0 radical (unpaired) electrons. The van der Waals surface area contributed by atoms with E-state index in [0.29, 0.717) is 5.92 Å². The van der Waals surface area contributed by atoms with Crippen molar-refractivity contribution in [1.29, 1.82) is 0 Å². The molecule has 0 spiro atoms. The van der Waals surface area contributed by atoms with Gasteiger partial charge in [0.1, 0.15) is 17.1 Å². The lowest BCUT2D eigenvalue weighted by molar-refractivity contribution is 0.487. The fourth-order valence-electron chi connectivity index (χ4n) is 10.4. The lowest BCUT2D eigenvalue weighted by Crippen LogP contribution is -2.13. The van der Waals surface area contributed by atoms with E-state index in [1.165, 1.54) is 27.5 Å². The van der Waals surface area contributed by atoms with Gasteiger partial charge in [-0.25, -0.2) is 0 Å². The molecule has 4 heteroatoms. The molecular weight excluding hydrogens is 817 g/mol. The molecule has 0 amide bonds. The van der Waals surface area contributed by atoms with E-state index in [-0.39, 0.29) is 0 Å². The van der Waals surface area contributed by atoms with Gasteiger partial charge in [-0.1, -0.05) is 159 Å². The number of benzene rings is 10. The molecule has 0 fully saturated rings. The van der Waals surface area contributed by atoms with Gasteiger partial charge < -0.3 is 19.0 Å². The number of hydrogen-bond acceptors (Lipinski definition) is 4. The Bertz CT molecular complexity index is 3790. The van der Waals surface area contributed by atoms with Crippen molar-refractivity contribution in [3.63, 3.8) is 0 Å². The van der Waals surface area contributed by atoms with Gasteiger partial charge in [0.25, 0.3) is 0 Å². The Labute approximate surface area is 389 Å². The van der Waals surface area contributed by atoms with E-state index in [1.807, 2.05) is 6.07 Å². The monoisotopic (exact) mass is 860 g/mol. The van der Waals surface area contributed by atoms with Crippen LogP contribution in [0.4, 0.5) is 34.1 Å². The Hall–Kier alpha value is -8.60. The number of hydrogen-bond donors (Lipinski definition) is 0. The van der Waals surface area contributed by atoms with Gasteiger partial charge in [-0.05, 0) is 118 Å². The molecule has 0 saturated carbocycles. The van der Waals surface area contributed by atoms with Gasteiger partial charge in [-0.3, -0.25) is 0 Å². The lowest BCUT2D eigenvalue weighted by atomic mass is 9.90. The quantitative estimate of drug-likeness (QED) is 0.142. The van der Waals surface area contributed by atoms with E-state index < -0.39 is 0 Å². The Morgan fingerprint density at radius 1 is 0.448 bits per heavy atom. The van der Waals surface area contributed by atoms with E-state index in [1.54, 1.807) is 0 Å². The first-order valence-electron chi connectivity index (χ1n) is 23.1. The Kier molecular flexibility index (Phi) is 9.17. The molecule has 2 heterocycles. The third-order valence-corrected chi connectivity index (χ3v) is 13.6. The second-order valence-corrected chi connectivity index (χ2v) is 17.7. The molecule has 10 aromatic carbocycles. The zero-order chi connectivity index (χ0) is 44.4. The number of furan rings is 1. The summed E-state index contributed by atoms with van der Waals surface area (Å²) < 4.78 is 13.8. The van der Waals surface area contributed by atoms with Gasteiger partial charge >= 0.3 is 0 Å². The van der Waals surface area contributed by atoms with Crippen molar-refractivity contribution in [2.24, 2.45) is 5.92 Å². The summed E-state index contributed by atoms with van der Waals surface area (Å²) in [7, 11) is 0. The summed E-state index contributed by atoms with van der Waals surface area (Å²) >= 11 is 0. The second kappa shape index (κ2) is 15.8. The fraction of sp³-hybridized carbons (Fsp3) is 0.0476. The minimum Gasteiger partial charge on any atom is -0.456 e. The third-order valence-electron chi connectivity index (χ3n) is 13.6. The molecule has 0 bridgehead atoms. The maximum atomic E-state index is 7.05. The standard InChI is InChI=1S/C63H44N2O2/c1-41-30-32-43(33-31-41)49-21-9-12-26-57(49)65(58-27-14-24-53-50-22-10-13-28-59(50)67-63(53)58)47-36-37-51-55-38-44-34-35-46(39-54(44)52-23-15-29-60(62(52)55)66-61(51)40-47)64(45-18-6-3-7-19-45)56-25-11-8-20-48(56)42-16-4-2-5-17-42/h2-30,32-41H,31H2,1H3. The highest BCUT2D eigenvalue weighted by atomic mass is 16.5. The van der Waals surface area contributed by atoms with Crippen molar-refractivity contribution in [2.45, 2.75) is 13.3 Å². The summed E-state index contributed by atoms with van der Waals surface area (Å²) in [6.07, 6.45) is 7.96. The molecule has 1 aliphatic heterocycles. The summed E-state index contributed by atoms with van der Waals surface area (Å²) in [5.74, 6) is 2.16. The molecule has 4 nitrogen and oxygen atoms in total. The average Bonchev–Trinajstić information content (AvgIpc) is 3.77. The number of para-hydroxylation sites is 5. The predicted octanol–water partition coefficient (Wildman–Crippen LogP) is 18.3. The van der Waals surface area contributed by atoms with E-state index in [0.717, 1.165) is 101 Å². The summed E-state index contributed by atoms with van der Waals surface area (Å²) in [6, 6.07) is 75.9. The van der Waals surface area contributed by atoms with Crippen LogP contribution < -0.4 is 14.5 Å². The summed E-state index contributed by atoms with van der Waals surface area (Å²) in [5, 5.41) is 6.78. The summed E-state index contributed by atoms with van der Waals surface area (Å²) in [5.41, 5.74) is 14.9. The lowest BCUT2D eigenvalue weighted by Gasteiger charge is -2.30. The SMILES string of the molecule is CC1C=CC(c2ccccc2N(c2ccc3c(c2)Oc2cccc4c2c-3cc2ccc(N(c3ccccc3)c3ccccc3-c3ccccc3)cc24)c2cccc3c2oc2ccccc23)=CC1. The highest BCUT2D eigenvalue weighted by Crippen LogP contribution is 2.53. The average molecular weight is 861 g/mol. The van der Waals surface area contributed by atoms with E-state index in [4.69, 9.17) is 9.15 Å². The minimum absolute atomic E-state index is 0.506. The molecule has 1 unspecified atom stereocenters. The van der Waals surface area contributed by atoms with Crippen LogP contribution in [0, 0.1) is 5.92 Å². The second-order valence-electron chi connectivity index (χ2n) is 17.7.